The number of carbonyl (C=O) groups is 1. The second-order valence-electron chi connectivity index (χ2n) is 5.44. The molecule has 1 aliphatic heterocycles. The fraction of sp³-hybridized carbons (Fsp3) is 0.588. The zero-order valence-electron chi connectivity index (χ0n) is 12.4. The summed E-state index contributed by atoms with van der Waals surface area (Å²) in [7, 11) is 0. The van der Waals surface area contributed by atoms with Crippen LogP contribution >= 0.6 is 0 Å². The average Bonchev–Trinajstić information content (AvgIpc) is 2.49. The predicted molar refractivity (Wildman–Crippen MR) is 81.2 cm³/mol. The van der Waals surface area contributed by atoms with Crippen molar-refractivity contribution in [2.45, 2.75) is 45.1 Å². The van der Waals surface area contributed by atoms with Gasteiger partial charge in [-0.25, -0.2) is 0 Å². The van der Waals surface area contributed by atoms with Gasteiger partial charge in [0.2, 0.25) is 0 Å². The lowest BCUT2D eigenvalue weighted by Crippen LogP contribution is -2.32. The summed E-state index contributed by atoms with van der Waals surface area (Å²) in [6.07, 6.45) is 5.14. The van der Waals surface area contributed by atoms with Gasteiger partial charge in [-0.2, -0.15) is 0 Å². The Bertz CT molecular complexity index is 408. The normalized spacial score (nSPS) is 16.2. The smallest absolute Gasteiger partial charge is 0.165 e. The summed E-state index contributed by atoms with van der Waals surface area (Å²) in [6, 6.07) is 8.00. The fourth-order valence-electron chi connectivity index (χ4n) is 2.57. The molecule has 3 nitrogen and oxygen atoms in total. The van der Waals surface area contributed by atoms with Crippen LogP contribution < -0.4 is 5.32 Å². The van der Waals surface area contributed by atoms with E-state index in [1.165, 1.54) is 5.56 Å². The summed E-state index contributed by atoms with van der Waals surface area (Å²) in [5.41, 5.74) is 2.11. The predicted octanol–water partition coefficient (Wildman–Crippen LogP) is 2.98. The molecule has 110 valence electrons. The minimum Gasteiger partial charge on any atom is -0.378 e. The molecule has 1 aliphatic rings. The molecule has 2 rings (SSSR count). The maximum atomic E-state index is 12.1. The van der Waals surface area contributed by atoms with Gasteiger partial charge >= 0.3 is 0 Å². The van der Waals surface area contributed by atoms with E-state index in [0.29, 0.717) is 19.1 Å². The van der Waals surface area contributed by atoms with E-state index in [1.807, 2.05) is 12.1 Å². The lowest BCUT2D eigenvalue weighted by molar-refractivity contribution is 0.0313. The van der Waals surface area contributed by atoms with E-state index in [9.17, 15) is 4.79 Å². The van der Waals surface area contributed by atoms with Crippen LogP contribution in [0.2, 0.25) is 0 Å². The molecule has 1 fully saturated rings. The Morgan fingerprint density at radius 3 is 2.60 bits per heavy atom. The first kappa shape index (κ1) is 15.2. The molecule has 0 aliphatic carbocycles. The highest BCUT2D eigenvalue weighted by Gasteiger charge is 2.14. The molecule has 1 aromatic rings. The SMILES string of the molecule is CCCc1ccc(C(=O)CCOC2CCNCC2)cc1. The molecule has 0 spiro atoms. The Labute approximate surface area is 121 Å². The van der Waals surface area contributed by atoms with Gasteiger partial charge in [0.25, 0.3) is 0 Å². The number of carbonyl (C=O) groups excluding carboxylic acids is 1. The van der Waals surface area contributed by atoms with Crippen molar-refractivity contribution in [2.75, 3.05) is 19.7 Å². The highest BCUT2D eigenvalue weighted by Crippen LogP contribution is 2.11. The molecule has 0 amide bonds. The summed E-state index contributed by atoms with van der Waals surface area (Å²) in [5, 5.41) is 3.31. The standard InChI is InChI=1S/C17H25NO2/c1-2-3-14-4-6-15(7-5-14)17(19)10-13-20-16-8-11-18-12-9-16/h4-7,16,18H,2-3,8-13H2,1H3. The number of nitrogens with one attached hydrogen (secondary N) is 1. The van der Waals surface area contributed by atoms with Crippen LogP contribution in [0.1, 0.15) is 48.5 Å². The van der Waals surface area contributed by atoms with Gasteiger partial charge in [0.05, 0.1) is 12.7 Å². The van der Waals surface area contributed by atoms with E-state index in [0.717, 1.165) is 44.3 Å². The minimum absolute atomic E-state index is 0.182. The van der Waals surface area contributed by atoms with Crippen molar-refractivity contribution in [2.24, 2.45) is 0 Å². The molecule has 0 saturated carbocycles. The minimum atomic E-state index is 0.182. The van der Waals surface area contributed by atoms with Gasteiger partial charge < -0.3 is 10.1 Å². The van der Waals surface area contributed by atoms with Crippen molar-refractivity contribution in [1.29, 1.82) is 0 Å². The van der Waals surface area contributed by atoms with Gasteiger partial charge in [-0.1, -0.05) is 37.6 Å². The van der Waals surface area contributed by atoms with Gasteiger partial charge in [0.15, 0.2) is 5.78 Å². The van der Waals surface area contributed by atoms with Gasteiger partial charge in [-0.3, -0.25) is 4.79 Å². The summed E-state index contributed by atoms with van der Waals surface area (Å²) >= 11 is 0. The molecule has 1 aromatic carbocycles. The zero-order valence-corrected chi connectivity index (χ0v) is 12.4. The Balaban J connectivity index is 1.73. The van der Waals surface area contributed by atoms with Crippen molar-refractivity contribution < 1.29 is 9.53 Å². The first-order valence-corrected chi connectivity index (χ1v) is 7.74. The van der Waals surface area contributed by atoms with Gasteiger partial charge in [0, 0.05) is 12.0 Å². The second-order valence-corrected chi connectivity index (χ2v) is 5.44. The fourth-order valence-corrected chi connectivity index (χ4v) is 2.57. The summed E-state index contributed by atoms with van der Waals surface area (Å²) < 4.78 is 5.78. The third-order valence-corrected chi connectivity index (χ3v) is 3.78. The third-order valence-electron chi connectivity index (χ3n) is 3.78. The number of hydrogen-bond donors (Lipinski definition) is 1. The molecular formula is C17H25NO2. The Kier molecular flexibility index (Phi) is 6.22. The van der Waals surface area contributed by atoms with Gasteiger partial charge in [-0.15, -0.1) is 0 Å². The van der Waals surface area contributed by atoms with Crippen LogP contribution in [-0.4, -0.2) is 31.6 Å². The second kappa shape index (κ2) is 8.18. The Hall–Kier alpha value is -1.19. The van der Waals surface area contributed by atoms with Crippen LogP contribution in [0.4, 0.5) is 0 Å². The number of aryl methyl sites for hydroxylation is 1. The molecule has 0 bridgehead atoms. The van der Waals surface area contributed by atoms with E-state index in [2.05, 4.69) is 24.4 Å². The monoisotopic (exact) mass is 275 g/mol. The molecule has 0 unspecified atom stereocenters. The largest absolute Gasteiger partial charge is 0.378 e. The van der Waals surface area contributed by atoms with Crippen LogP contribution in [0.15, 0.2) is 24.3 Å². The summed E-state index contributed by atoms with van der Waals surface area (Å²) in [4.78, 5) is 12.1. The first-order valence-electron chi connectivity index (χ1n) is 7.74. The number of ketones is 1. The van der Waals surface area contributed by atoms with E-state index in [4.69, 9.17) is 4.74 Å². The molecule has 1 N–H and O–H groups in total. The van der Waals surface area contributed by atoms with Crippen LogP contribution in [0.25, 0.3) is 0 Å². The number of rotatable bonds is 7. The third kappa shape index (κ3) is 4.73. The number of ether oxygens (including phenoxy) is 1. The van der Waals surface area contributed by atoms with Crippen LogP contribution in [0.3, 0.4) is 0 Å². The first-order chi connectivity index (χ1) is 9.79. The van der Waals surface area contributed by atoms with Crippen LogP contribution in [0.5, 0.6) is 0 Å². The lowest BCUT2D eigenvalue weighted by Gasteiger charge is -2.22. The molecule has 20 heavy (non-hydrogen) atoms. The van der Waals surface area contributed by atoms with Crippen LogP contribution in [-0.2, 0) is 11.2 Å². The lowest BCUT2D eigenvalue weighted by atomic mass is 10.0. The maximum Gasteiger partial charge on any atom is 0.165 e. The van der Waals surface area contributed by atoms with Crippen molar-refractivity contribution in [1.82, 2.24) is 5.32 Å². The highest BCUT2D eigenvalue weighted by molar-refractivity contribution is 5.96. The quantitative estimate of drug-likeness (QED) is 0.777. The maximum absolute atomic E-state index is 12.1. The van der Waals surface area contributed by atoms with Crippen molar-refractivity contribution in [3.8, 4) is 0 Å². The molecule has 1 heterocycles. The van der Waals surface area contributed by atoms with E-state index >= 15 is 0 Å². The van der Waals surface area contributed by atoms with Crippen LogP contribution in [0, 0.1) is 0 Å². The van der Waals surface area contributed by atoms with E-state index in [1.54, 1.807) is 0 Å². The number of piperidine rings is 1. The van der Waals surface area contributed by atoms with Crippen molar-refractivity contribution >= 4 is 5.78 Å². The van der Waals surface area contributed by atoms with E-state index in [-0.39, 0.29) is 5.78 Å². The molecule has 0 atom stereocenters. The average molecular weight is 275 g/mol. The molecular weight excluding hydrogens is 250 g/mol. The summed E-state index contributed by atoms with van der Waals surface area (Å²) in [5.74, 6) is 0.182. The van der Waals surface area contributed by atoms with E-state index < -0.39 is 0 Å². The molecule has 1 saturated heterocycles. The Morgan fingerprint density at radius 1 is 1.25 bits per heavy atom. The topological polar surface area (TPSA) is 38.3 Å². The Morgan fingerprint density at radius 2 is 1.95 bits per heavy atom. The number of Topliss-reactive ketones (excluding diaryl/α,β-unsaturated/α-hetero) is 1. The van der Waals surface area contributed by atoms with Crippen molar-refractivity contribution in [3.63, 3.8) is 0 Å². The molecule has 0 aromatic heterocycles. The number of hydrogen-bond acceptors (Lipinski definition) is 3. The van der Waals surface area contributed by atoms with Gasteiger partial charge in [-0.05, 0) is 37.9 Å². The molecule has 0 radical (unpaired) electrons. The van der Waals surface area contributed by atoms with Crippen molar-refractivity contribution in [3.05, 3.63) is 35.4 Å². The van der Waals surface area contributed by atoms with Gasteiger partial charge in [0.1, 0.15) is 0 Å². The summed E-state index contributed by atoms with van der Waals surface area (Å²) in [6.45, 7) is 4.76. The number of benzene rings is 1. The highest BCUT2D eigenvalue weighted by atomic mass is 16.5. The zero-order chi connectivity index (χ0) is 14.2. The molecule has 3 heteroatoms.